The number of nitrogens with one attached hydrogen (secondary N) is 2. The minimum absolute atomic E-state index is 0. The third-order valence-corrected chi connectivity index (χ3v) is 6.30. The standard InChI is InChI=1S/C17H19N5O2S.ClH/c1-11-8-12-9-20-17-15(25(23,24)13-6-4-3-5-7-13)16(18-2)21-22(17)14(12)10-19-11;/h3-7,9,11,19H,8,10H2,1-2H3,(H,18,21);1H. The summed E-state index contributed by atoms with van der Waals surface area (Å²) in [7, 11) is -2.07. The van der Waals surface area contributed by atoms with E-state index in [-0.39, 0.29) is 22.2 Å². The molecular formula is C17H20ClN5O2S. The fourth-order valence-corrected chi connectivity index (χ4v) is 4.73. The molecule has 1 aromatic carbocycles. The smallest absolute Gasteiger partial charge is 0.214 e. The Hall–Kier alpha value is -2.16. The van der Waals surface area contributed by atoms with Crippen LogP contribution in [0, 0.1) is 0 Å². The third-order valence-electron chi connectivity index (χ3n) is 4.49. The van der Waals surface area contributed by atoms with E-state index in [2.05, 4.69) is 27.6 Å². The number of nitrogens with zero attached hydrogens (tertiary/aromatic N) is 3. The Kier molecular flexibility index (Phi) is 4.92. The molecule has 1 unspecified atom stereocenters. The summed E-state index contributed by atoms with van der Waals surface area (Å²) in [5, 5.41) is 10.8. The van der Waals surface area contributed by atoms with Crippen LogP contribution in [0.25, 0.3) is 5.65 Å². The van der Waals surface area contributed by atoms with Gasteiger partial charge in [0.25, 0.3) is 0 Å². The molecule has 138 valence electrons. The second kappa shape index (κ2) is 6.86. The molecule has 0 saturated heterocycles. The van der Waals surface area contributed by atoms with Gasteiger partial charge in [0, 0.05) is 25.8 Å². The maximum atomic E-state index is 13.2. The van der Waals surface area contributed by atoms with Crippen LogP contribution in [0.15, 0.2) is 46.3 Å². The number of rotatable bonds is 3. The van der Waals surface area contributed by atoms with Gasteiger partial charge in [0.2, 0.25) is 9.84 Å². The fraction of sp³-hybridized carbons (Fsp3) is 0.294. The highest BCUT2D eigenvalue weighted by molar-refractivity contribution is 7.91. The van der Waals surface area contributed by atoms with Gasteiger partial charge in [-0.25, -0.2) is 17.9 Å². The molecule has 0 spiro atoms. The molecule has 7 nitrogen and oxygen atoms in total. The summed E-state index contributed by atoms with van der Waals surface area (Å²) in [6.45, 7) is 2.74. The molecule has 2 N–H and O–H groups in total. The molecule has 1 atom stereocenters. The lowest BCUT2D eigenvalue weighted by molar-refractivity contribution is 0.494. The van der Waals surface area contributed by atoms with Gasteiger partial charge in [-0.2, -0.15) is 0 Å². The Bertz CT molecular complexity index is 1050. The summed E-state index contributed by atoms with van der Waals surface area (Å²) < 4.78 is 28.0. The fourth-order valence-electron chi connectivity index (χ4n) is 3.21. The van der Waals surface area contributed by atoms with Crippen LogP contribution in [0.1, 0.15) is 18.2 Å². The zero-order chi connectivity index (χ0) is 17.6. The molecule has 0 radical (unpaired) electrons. The van der Waals surface area contributed by atoms with Crippen molar-refractivity contribution in [3.8, 4) is 0 Å². The summed E-state index contributed by atoms with van der Waals surface area (Å²) in [4.78, 5) is 4.79. The minimum atomic E-state index is -3.73. The van der Waals surface area contributed by atoms with E-state index in [9.17, 15) is 8.42 Å². The number of halogens is 1. The molecular weight excluding hydrogens is 374 g/mol. The van der Waals surface area contributed by atoms with Crippen LogP contribution in [0.3, 0.4) is 0 Å². The van der Waals surface area contributed by atoms with E-state index >= 15 is 0 Å². The van der Waals surface area contributed by atoms with E-state index in [0.717, 1.165) is 17.7 Å². The molecule has 1 aliphatic heterocycles. The molecule has 2 aromatic heterocycles. The van der Waals surface area contributed by atoms with E-state index in [1.54, 1.807) is 48.1 Å². The molecule has 9 heteroatoms. The van der Waals surface area contributed by atoms with Gasteiger partial charge in [-0.15, -0.1) is 17.5 Å². The predicted molar refractivity (Wildman–Crippen MR) is 102 cm³/mol. The number of hydrogen-bond acceptors (Lipinski definition) is 6. The number of aromatic nitrogens is 3. The van der Waals surface area contributed by atoms with Gasteiger partial charge >= 0.3 is 0 Å². The largest absolute Gasteiger partial charge is 0.370 e. The van der Waals surface area contributed by atoms with Crippen molar-refractivity contribution in [1.82, 2.24) is 19.9 Å². The van der Waals surface area contributed by atoms with E-state index in [4.69, 9.17) is 0 Å². The highest BCUT2D eigenvalue weighted by atomic mass is 35.5. The lowest BCUT2D eigenvalue weighted by atomic mass is 10.0. The Morgan fingerprint density at radius 2 is 2.00 bits per heavy atom. The average Bonchev–Trinajstić information content (AvgIpc) is 3.02. The molecule has 3 aromatic rings. The van der Waals surface area contributed by atoms with Gasteiger partial charge < -0.3 is 10.6 Å². The Morgan fingerprint density at radius 3 is 2.69 bits per heavy atom. The normalized spacial score (nSPS) is 16.8. The van der Waals surface area contributed by atoms with Crippen LogP contribution >= 0.6 is 12.4 Å². The second-order valence-corrected chi connectivity index (χ2v) is 8.08. The summed E-state index contributed by atoms with van der Waals surface area (Å²) in [5.74, 6) is 0.309. The zero-order valence-corrected chi connectivity index (χ0v) is 16.1. The van der Waals surface area contributed by atoms with Gasteiger partial charge in [-0.3, -0.25) is 0 Å². The van der Waals surface area contributed by atoms with Crippen molar-refractivity contribution in [3.05, 3.63) is 47.8 Å². The van der Waals surface area contributed by atoms with Gasteiger partial charge in [0.05, 0.1) is 10.6 Å². The van der Waals surface area contributed by atoms with Crippen molar-refractivity contribution in [1.29, 1.82) is 0 Å². The van der Waals surface area contributed by atoms with E-state index < -0.39 is 9.84 Å². The van der Waals surface area contributed by atoms with Crippen molar-refractivity contribution in [2.24, 2.45) is 0 Å². The van der Waals surface area contributed by atoms with E-state index in [1.165, 1.54) is 0 Å². The molecule has 4 rings (SSSR count). The maximum absolute atomic E-state index is 13.2. The summed E-state index contributed by atoms with van der Waals surface area (Å²) >= 11 is 0. The number of benzene rings is 1. The molecule has 0 saturated carbocycles. The first-order valence-electron chi connectivity index (χ1n) is 8.13. The summed E-state index contributed by atoms with van der Waals surface area (Å²) in [5.41, 5.74) is 2.39. The topological polar surface area (TPSA) is 88.4 Å². The van der Waals surface area contributed by atoms with Crippen molar-refractivity contribution in [2.75, 3.05) is 12.4 Å². The Balaban J connectivity index is 0.00000196. The highest BCUT2D eigenvalue weighted by Crippen LogP contribution is 2.31. The first-order valence-corrected chi connectivity index (χ1v) is 9.61. The SMILES string of the molecule is CNc1nn2c3c(cnc2c1S(=O)(=O)c1ccccc1)CC(C)NC3.Cl. The van der Waals surface area contributed by atoms with Crippen LogP contribution in [0.2, 0.25) is 0 Å². The van der Waals surface area contributed by atoms with Crippen molar-refractivity contribution >= 4 is 33.7 Å². The van der Waals surface area contributed by atoms with Crippen LogP contribution in [0.4, 0.5) is 5.82 Å². The second-order valence-electron chi connectivity index (χ2n) is 6.20. The molecule has 0 fully saturated rings. The van der Waals surface area contributed by atoms with Crippen LogP contribution in [-0.2, 0) is 22.8 Å². The van der Waals surface area contributed by atoms with Crippen molar-refractivity contribution < 1.29 is 8.42 Å². The number of hydrogen-bond donors (Lipinski definition) is 2. The highest BCUT2D eigenvalue weighted by Gasteiger charge is 2.30. The summed E-state index contributed by atoms with van der Waals surface area (Å²) in [6.07, 6.45) is 2.61. The van der Waals surface area contributed by atoms with Gasteiger partial charge in [-0.1, -0.05) is 18.2 Å². The first kappa shape index (κ1) is 18.6. The molecule has 1 aliphatic rings. The lowest BCUT2D eigenvalue weighted by Crippen LogP contribution is -2.34. The molecule has 0 bridgehead atoms. The minimum Gasteiger partial charge on any atom is -0.370 e. The maximum Gasteiger partial charge on any atom is 0.214 e. The van der Waals surface area contributed by atoms with E-state index in [1.807, 2.05) is 0 Å². The van der Waals surface area contributed by atoms with Crippen LogP contribution in [0.5, 0.6) is 0 Å². The van der Waals surface area contributed by atoms with Crippen LogP contribution in [-0.4, -0.2) is 36.1 Å². The molecule has 3 heterocycles. The quantitative estimate of drug-likeness (QED) is 0.708. The molecule has 26 heavy (non-hydrogen) atoms. The number of fused-ring (bicyclic) bond motifs is 3. The summed E-state index contributed by atoms with van der Waals surface area (Å²) in [6, 6.07) is 8.73. The van der Waals surface area contributed by atoms with Crippen molar-refractivity contribution in [3.63, 3.8) is 0 Å². The number of sulfone groups is 1. The van der Waals surface area contributed by atoms with Gasteiger partial charge in [-0.05, 0) is 31.0 Å². The predicted octanol–water partition coefficient (Wildman–Crippen LogP) is 2.06. The number of anilines is 1. The van der Waals surface area contributed by atoms with E-state index in [0.29, 0.717) is 24.1 Å². The van der Waals surface area contributed by atoms with Crippen LogP contribution < -0.4 is 10.6 Å². The Morgan fingerprint density at radius 1 is 1.27 bits per heavy atom. The zero-order valence-electron chi connectivity index (χ0n) is 14.4. The van der Waals surface area contributed by atoms with Crippen molar-refractivity contribution in [2.45, 2.75) is 35.7 Å². The first-order chi connectivity index (χ1) is 12.0. The third kappa shape index (κ3) is 2.84. The average molecular weight is 394 g/mol. The molecule has 0 amide bonds. The lowest BCUT2D eigenvalue weighted by Gasteiger charge is -2.22. The van der Waals surface area contributed by atoms with Gasteiger partial charge in [0.1, 0.15) is 0 Å². The monoisotopic (exact) mass is 393 g/mol. The molecule has 0 aliphatic carbocycles. The Labute approximate surface area is 158 Å². The van der Waals surface area contributed by atoms with Gasteiger partial charge in [0.15, 0.2) is 16.4 Å².